The maximum atomic E-state index is 12.1. The van der Waals surface area contributed by atoms with Gasteiger partial charge in [0.05, 0.1) is 23.4 Å². The molecule has 1 aromatic heterocycles. The first-order valence-corrected chi connectivity index (χ1v) is 8.85. The summed E-state index contributed by atoms with van der Waals surface area (Å²) in [6.07, 6.45) is -0.623. The lowest BCUT2D eigenvalue weighted by atomic mass is 10.2. The average molecular weight is 359 g/mol. The normalized spacial score (nSPS) is 12.8. The van der Waals surface area contributed by atoms with E-state index in [1.807, 2.05) is 19.2 Å². The third kappa shape index (κ3) is 6.84. The third-order valence-corrected chi connectivity index (χ3v) is 4.39. The molecule has 2 unspecified atom stereocenters. The molecular formula is C16H29N3O4S. The van der Waals surface area contributed by atoms with E-state index in [4.69, 9.17) is 9.84 Å². The number of nitrogens with zero attached hydrogens (tertiary/aromatic N) is 2. The second-order valence-electron chi connectivity index (χ2n) is 5.39. The standard InChI is InChI=1S/C14H23N3O4S.C2H6/c1-8(2)12-15-10(7-22-12)6-17(4)14(20)16-11(13(18)19)9(3)21-5;1-2/h7-9,11H,6H2,1-5H3,(H,16,20)(H,18,19);1-2H3. The average Bonchev–Trinajstić information content (AvgIpc) is 3.01. The molecule has 2 amide bonds. The summed E-state index contributed by atoms with van der Waals surface area (Å²) in [5.41, 5.74) is 0.790. The Morgan fingerprint density at radius 1 is 1.38 bits per heavy atom. The van der Waals surface area contributed by atoms with E-state index >= 15 is 0 Å². The van der Waals surface area contributed by atoms with Gasteiger partial charge in [0.1, 0.15) is 0 Å². The van der Waals surface area contributed by atoms with Gasteiger partial charge in [-0.05, 0) is 6.92 Å². The van der Waals surface area contributed by atoms with Gasteiger partial charge in [0.15, 0.2) is 6.04 Å². The van der Waals surface area contributed by atoms with E-state index in [-0.39, 0.29) is 0 Å². The number of aromatic nitrogens is 1. The van der Waals surface area contributed by atoms with Crippen LogP contribution in [0.15, 0.2) is 5.38 Å². The number of thiazole rings is 1. The van der Waals surface area contributed by atoms with Crippen molar-refractivity contribution in [2.45, 2.75) is 59.2 Å². The van der Waals surface area contributed by atoms with Crippen LogP contribution in [0.1, 0.15) is 51.2 Å². The van der Waals surface area contributed by atoms with E-state index in [1.54, 1.807) is 25.3 Å². The number of urea groups is 1. The highest BCUT2D eigenvalue weighted by Gasteiger charge is 2.27. The number of rotatable bonds is 7. The Morgan fingerprint density at radius 2 is 1.96 bits per heavy atom. The summed E-state index contributed by atoms with van der Waals surface area (Å²) in [5, 5.41) is 14.5. The molecule has 0 radical (unpaired) electrons. The SMILES string of the molecule is CC.COC(C)C(NC(=O)N(C)Cc1csc(C(C)C)n1)C(=O)O. The molecule has 0 aliphatic rings. The molecule has 138 valence electrons. The van der Waals surface area contributed by atoms with E-state index in [9.17, 15) is 9.59 Å². The van der Waals surface area contributed by atoms with Gasteiger partial charge < -0.3 is 20.1 Å². The molecule has 7 nitrogen and oxygen atoms in total. The number of carbonyl (C=O) groups is 2. The Bertz CT molecular complexity index is 519. The predicted molar refractivity (Wildman–Crippen MR) is 95.4 cm³/mol. The molecule has 0 aliphatic heterocycles. The topological polar surface area (TPSA) is 91.8 Å². The lowest BCUT2D eigenvalue weighted by molar-refractivity contribution is -0.142. The van der Waals surface area contributed by atoms with Gasteiger partial charge in [0.2, 0.25) is 0 Å². The highest BCUT2D eigenvalue weighted by Crippen LogP contribution is 2.19. The first-order valence-electron chi connectivity index (χ1n) is 7.97. The van der Waals surface area contributed by atoms with E-state index in [0.29, 0.717) is 12.5 Å². The minimum Gasteiger partial charge on any atom is -0.480 e. The minimum atomic E-state index is -1.13. The van der Waals surface area contributed by atoms with E-state index < -0.39 is 24.1 Å². The largest absolute Gasteiger partial charge is 0.480 e. The molecule has 2 atom stereocenters. The molecule has 1 aromatic rings. The number of methoxy groups -OCH3 is 1. The fraction of sp³-hybridized carbons (Fsp3) is 0.688. The second kappa shape index (κ2) is 11.0. The van der Waals surface area contributed by atoms with Crippen LogP contribution < -0.4 is 5.32 Å². The van der Waals surface area contributed by atoms with Crippen molar-refractivity contribution in [2.75, 3.05) is 14.2 Å². The second-order valence-corrected chi connectivity index (χ2v) is 6.28. The van der Waals surface area contributed by atoms with Crippen LogP contribution in [0.25, 0.3) is 0 Å². The zero-order chi connectivity index (χ0) is 18.9. The monoisotopic (exact) mass is 359 g/mol. The zero-order valence-electron chi connectivity index (χ0n) is 15.5. The fourth-order valence-electron chi connectivity index (χ4n) is 1.73. The summed E-state index contributed by atoms with van der Waals surface area (Å²) in [6, 6.07) is -1.57. The summed E-state index contributed by atoms with van der Waals surface area (Å²) in [5.74, 6) is -0.788. The van der Waals surface area contributed by atoms with Gasteiger partial charge in [0, 0.05) is 25.5 Å². The third-order valence-electron chi connectivity index (χ3n) is 3.20. The van der Waals surface area contributed by atoms with Crippen molar-refractivity contribution in [1.82, 2.24) is 15.2 Å². The Morgan fingerprint density at radius 3 is 2.38 bits per heavy atom. The maximum Gasteiger partial charge on any atom is 0.328 e. The molecule has 1 rings (SSSR count). The summed E-state index contributed by atoms with van der Waals surface area (Å²) < 4.78 is 4.98. The van der Waals surface area contributed by atoms with Gasteiger partial charge in [-0.1, -0.05) is 27.7 Å². The molecule has 0 spiro atoms. The molecular weight excluding hydrogens is 330 g/mol. The lowest BCUT2D eigenvalue weighted by Gasteiger charge is -2.23. The van der Waals surface area contributed by atoms with Crippen LogP contribution in [0.3, 0.4) is 0 Å². The number of nitrogens with one attached hydrogen (secondary N) is 1. The van der Waals surface area contributed by atoms with Gasteiger partial charge >= 0.3 is 12.0 Å². The molecule has 8 heteroatoms. The smallest absolute Gasteiger partial charge is 0.328 e. The number of hydrogen-bond acceptors (Lipinski definition) is 5. The van der Waals surface area contributed by atoms with E-state index in [1.165, 1.54) is 12.0 Å². The molecule has 2 N–H and O–H groups in total. The van der Waals surface area contributed by atoms with Crippen molar-refractivity contribution >= 4 is 23.3 Å². The number of ether oxygens (including phenoxy) is 1. The maximum absolute atomic E-state index is 12.1. The molecule has 0 bridgehead atoms. The number of amides is 2. The number of carboxylic acids is 1. The predicted octanol–water partition coefficient (Wildman–Crippen LogP) is 2.92. The molecule has 0 saturated carbocycles. The summed E-state index contributed by atoms with van der Waals surface area (Å²) in [4.78, 5) is 29.1. The molecule has 0 aliphatic carbocycles. The Kier molecular flexibility index (Phi) is 10.2. The number of hydrogen-bond donors (Lipinski definition) is 2. The summed E-state index contributed by atoms with van der Waals surface area (Å²) in [7, 11) is 3.00. The van der Waals surface area contributed by atoms with Crippen molar-refractivity contribution in [2.24, 2.45) is 0 Å². The molecule has 0 fully saturated rings. The van der Waals surface area contributed by atoms with Gasteiger partial charge in [-0.2, -0.15) is 0 Å². The van der Waals surface area contributed by atoms with Crippen LogP contribution in [-0.2, 0) is 16.1 Å². The minimum absolute atomic E-state index is 0.322. The quantitative estimate of drug-likeness (QED) is 0.781. The van der Waals surface area contributed by atoms with Crippen LogP contribution in [-0.4, -0.2) is 53.3 Å². The molecule has 0 aromatic carbocycles. The van der Waals surface area contributed by atoms with Crippen LogP contribution in [0.4, 0.5) is 4.79 Å². The summed E-state index contributed by atoms with van der Waals surface area (Å²) >= 11 is 1.56. The van der Waals surface area contributed by atoms with Gasteiger partial charge in [-0.3, -0.25) is 0 Å². The van der Waals surface area contributed by atoms with E-state index in [0.717, 1.165) is 10.7 Å². The van der Waals surface area contributed by atoms with Crippen LogP contribution in [0.5, 0.6) is 0 Å². The number of aliphatic carboxylic acids is 1. The van der Waals surface area contributed by atoms with Crippen molar-refractivity contribution < 1.29 is 19.4 Å². The van der Waals surface area contributed by atoms with E-state index in [2.05, 4.69) is 24.1 Å². The van der Waals surface area contributed by atoms with Gasteiger partial charge in [-0.25, -0.2) is 14.6 Å². The van der Waals surface area contributed by atoms with Crippen molar-refractivity contribution in [3.8, 4) is 0 Å². The number of carbonyl (C=O) groups excluding carboxylic acids is 1. The van der Waals surface area contributed by atoms with Gasteiger partial charge in [-0.15, -0.1) is 11.3 Å². The fourth-order valence-corrected chi connectivity index (χ4v) is 2.56. The Balaban J connectivity index is 0.00000254. The first kappa shape index (κ1) is 22.3. The van der Waals surface area contributed by atoms with Crippen LogP contribution in [0.2, 0.25) is 0 Å². The first-order chi connectivity index (χ1) is 11.3. The van der Waals surface area contributed by atoms with Crippen molar-refractivity contribution in [1.29, 1.82) is 0 Å². The Hall–Kier alpha value is -1.67. The molecule has 0 saturated heterocycles. The Labute approximate surface area is 148 Å². The van der Waals surface area contributed by atoms with Crippen LogP contribution >= 0.6 is 11.3 Å². The molecule has 24 heavy (non-hydrogen) atoms. The zero-order valence-corrected chi connectivity index (χ0v) is 16.3. The molecule has 1 heterocycles. The van der Waals surface area contributed by atoms with Crippen molar-refractivity contribution in [3.05, 3.63) is 16.1 Å². The lowest BCUT2D eigenvalue weighted by Crippen LogP contribution is -2.51. The van der Waals surface area contributed by atoms with Crippen molar-refractivity contribution in [3.63, 3.8) is 0 Å². The number of carboxylic acid groups (broad SMARTS) is 1. The highest BCUT2D eigenvalue weighted by molar-refractivity contribution is 7.09. The van der Waals surface area contributed by atoms with Crippen LogP contribution in [0, 0.1) is 0 Å². The van der Waals surface area contributed by atoms with Gasteiger partial charge in [0.25, 0.3) is 0 Å². The summed E-state index contributed by atoms with van der Waals surface area (Å²) in [6.45, 7) is 10.0. The highest BCUT2D eigenvalue weighted by atomic mass is 32.1.